The van der Waals surface area contributed by atoms with Crippen molar-refractivity contribution in [2.75, 3.05) is 7.05 Å². The first-order valence-corrected chi connectivity index (χ1v) is 8.08. The van der Waals surface area contributed by atoms with E-state index in [4.69, 9.17) is 7.85 Å². The molecule has 1 aromatic rings. The van der Waals surface area contributed by atoms with Crippen LogP contribution in [0.3, 0.4) is 0 Å². The number of rotatable bonds is 4. The Hall–Kier alpha value is -1.05. The minimum absolute atomic E-state index is 0.240. The molecule has 2 heteroatoms. The van der Waals surface area contributed by atoms with Gasteiger partial charge in [-0.25, -0.2) is 4.58 Å². The van der Waals surface area contributed by atoms with Gasteiger partial charge in [0.25, 0.3) is 0 Å². The third kappa shape index (κ3) is 3.41. The molecule has 1 nitrogen and oxygen atoms in total. The van der Waals surface area contributed by atoms with E-state index in [1.165, 1.54) is 23.1 Å². The van der Waals surface area contributed by atoms with Gasteiger partial charge in [-0.2, -0.15) is 0 Å². The van der Waals surface area contributed by atoms with E-state index in [1.807, 2.05) is 0 Å². The molecular formula is C19H29BN+. The first kappa shape index (κ1) is 16.3. The fourth-order valence-corrected chi connectivity index (χ4v) is 3.88. The Bertz CT molecular complexity index is 557. The summed E-state index contributed by atoms with van der Waals surface area (Å²) >= 11 is 0. The van der Waals surface area contributed by atoms with Crippen LogP contribution in [0.2, 0.25) is 0 Å². The van der Waals surface area contributed by atoms with E-state index < -0.39 is 0 Å². The molecule has 1 aromatic carbocycles. The lowest BCUT2D eigenvalue weighted by atomic mass is 9.77. The Balaban J connectivity index is 2.25. The van der Waals surface area contributed by atoms with Crippen molar-refractivity contribution in [3.63, 3.8) is 0 Å². The molecule has 1 aliphatic rings. The van der Waals surface area contributed by atoms with E-state index in [2.05, 4.69) is 70.7 Å². The highest BCUT2D eigenvalue weighted by Gasteiger charge is 2.45. The highest BCUT2D eigenvalue weighted by atomic mass is 15.1. The molecule has 21 heavy (non-hydrogen) atoms. The van der Waals surface area contributed by atoms with E-state index in [-0.39, 0.29) is 11.0 Å². The second-order valence-corrected chi connectivity index (χ2v) is 7.95. The van der Waals surface area contributed by atoms with Gasteiger partial charge >= 0.3 is 0 Å². The van der Waals surface area contributed by atoms with Crippen LogP contribution in [0.25, 0.3) is 0 Å². The zero-order valence-corrected chi connectivity index (χ0v) is 14.5. The quantitative estimate of drug-likeness (QED) is 0.581. The highest BCUT2D eigenvalue weighted by molar-refractivity contribution is 6.08. The lowest BCUT2D eigenvalue weighted by Crippen LogP contribution is -2.30. The number of benzene rings is 1. The standard InChI is InChI=1S/C19H29BN/c1-14(2)17-8-7-15(9-16(17)11-20)10-19(5)12-18(3,4)21(6)13-19/h7-9,13-14H,10-12H2,1-6H3/q+1. The van der Waals surface area contributed by atoms with Crippen molar-refractivity contribution in [3.8, 4) is 0 Å². The number of hydrogen-bond donors (Lipinski definition) is 0. The Kier molecular flexibility index (Phi) is 4.37. The molecule has 0 spiro atoms. The van der Waals surface area contributed by atoms with Gasteiger partial charge in [0.2, 0.25) is 0 Å². The van der Waals surface area contributed by atoms with Crippen LogP contribution < -0.4 is 0 Å². The average molecular weight is 282 g/mol. The first-order chi connectivity index (χ1) is 9.67. The summed E-state index contributed by atoms with van der Waals surface area (Å²) in [5.41, 5.74) is 4.59. The van der Waals surface area contributed by atoms with E-state index in [0.29, 0.717) is 12.2 Å². The largest absolute Gasteiger partial charge is 0.237 e. The predicted octanol–water partition coefficient (Wildman–Crippen LogP) is 3.92. The Morgan fingerprint density at radius 3 is 2.38 bits per heavy atom. The predicted molar refractivity (Wildman–Crippen MR) is 92.7 cm³/mol. The number of hydrogen-bond acceptors (Lipinski definition) is 0. The average Bonchev–Trinajstić information content (AvgIpc) is 2.56. The molecule has 0 aliphatic carbocycles. The summed E-state index contributed by atoms with van der Waals surface area (Å²) in [5.74, 6) is 0.538. The molecule has 0 bridgehead atoms. The van der Waals surface area contributed by atoms with Crippen LogP contribution in [0, 0.1) is 5.41 Å². The topological polar surface area (TPSA) is 3.01 Å². The molecular weight excluding hydrogens is 253 g/mol. The fourth-order valence-electron chi connectivity index (χ4n) is 3.88. The van der Waals surface area contributed by atoms with Crippen molar-refractivity contribution in [2.24, 2.45) is 5.41 Å². The summed E-state index contributed by atoms with van der Waals surface area (Å²) in [6.45, 7) is 11.5. The Morgan fingerprint density at radius 1 is 1.24 bits per heavy atom. The summed E-state index contributed by atoms with van der Waals surface area (Å²) in [4.78, 5) is 0. The smallest absolute Gasteiger partial charge is 0.157 e. The van der Waals surface area contributed by atoms with Gasteiger partial charge in [0.1, 0.15) is 13.3 Å². The maximum absolute atomic E-state index is 5.95. The summed E-state index contributed by atoms with van der Waals surface area (Å²) in [6.07, 6.45) is 5.32. The zero-order valence-electron chi connectivity index (χ0n) is 14.5. The van der Waals surface area contributed by atoms with Crippen LogP contribution in [-0.2, 0) is 12.7 Å². The molecule has 0 saturated carbocycles. The second kappa shape index (κ2) is 5.63. The van der Waals surface area contributed by atoms with Gasteiger partial charge in [0.15, 0.2) is 5.54 Å². The van der Waals surface area contributed by atoms with E-state index >= 15 is 0 Å². The highest BCUT2D eigenvalue weighted by Crippen LogP contribution is 2.37. The zero-order chi connectivity index (χ0) is 15.8. The Morgan fingerprint density at radius 2 is 1.90 bits per heavy atom. The molecule has 2 radical (unpaired) electrons. The van der Waals surface area contributed by atoms with Crippen LogP contribution >= 0.6 is 0 Å². The van der Waals surface area contributed by atoms with Crippen LogP contribution in [0.5, 0.6) is 0 Å². The molecule has 0 aromatic heterocycles. The summed E-state index contributed by atoms with van der Waals surface area (Å²) in [7, 11) is 8.14. The molecule has 1 atom stereocenters. The van der Waals surface area contributed by atoms with Gasteiger partial charge in [-0.05, 0) is 44.2 Å². The van der Waals surface area contributed by atoms with Crippen molar-refractivity contribution in [1.29, 1.82) is 0 Å². The van der Waals surface area contributed by atoms with Crippen LogP contribution in [0.4, 0.5) is 0 Å². The van der Waals surface area contributed by atoms with Gasteiger partial charge in [-0.15, -0.1) is 0 Å². The first-order valence-electron chi connectivity index (χ1n) is 8.08. The van der Waals surface area contributed by atoms with Crippen molar-refractivity contribution >= 4 is 14.1 Å². The lowest BCUT2D eigenvalue weighted by molar-refractivity contribution is -0.562. The van der Waals surface area contributed by atoms with Gasteiger partial charge in [0, 0.05) is 6.42 Å². The SMILES string of the molecule is [B]Cc1cc(CC2(C)C=[N+](C)C(C)(C)C2)ccc1C(C)C. The third-order valence-corrected chi connectivity index (χ3v) is 4.95. The van der Waals surface area contributed by atoms with Gasteiger partial charge < -0.3 is 0 Å². The molecule has 1 unspecified atom stereocenters. The molecule has 112 valence electrons. The third-order valence-electron chi connectivity index (χ3n) is 4.95. The maximum atomic E-state index is 5.95. The Labute approximate surface area is 131 Å². The minimum atomic E-state index is 0.240. The monoisotopic (exact) mass is 282 g/mol. The second-order valence-electron chi connectivity index (χ2n) is 7.95. The van der Waals surface area contributed by atoms with Crippen LogP contribution in [0.1, 0.15) is 63.6 Å². The fraction of sp³-hybridized carbons (Fsp3) is 0.632. The summed E-state index contributed by atoms with van der Waals surface area (Å²) in [5, 5.41) is 0. The van der Waals surface area contributed by atoms with Crippen LogP contribution in [0.15, 0.2) is 18.2 Å². The minimum Gasteiger partial charge on any atom is -0.237 e. The summed E-state index contributed by atoms with van der Waals surface area (Å²) in [6, 6.07) is 6.88. The normalized spacial score (nSPS) is 24.4. The van der Waals surface area contributed by atoms with Crippen molar-refractivity contribution < 1.29 is 4.58 Å². The molecule has 1 aliphatic heterocycles. The van der Waals surface area contributed by atoms with Crippen LogP contribution in [-0.4, -0.2) is 31.2 Å². The molecule has 0 saturated heterocycles. The van der Waals surface area contributed by atoms with Gasteiger partial charge in [-0.3, -0.25) is 0 Å². The molecule has 0 N–H and O–H groups in total. The number of nitrogens with zero attached hydrogens (tertiary/aromatic N) is 1. The van der Waals surface area contributed by atoms with Crippen molar-refractivity contribution in [3.05, 3.63) is 34.9 Å². The maximum Gasteiger partial charge on any atom is 0.157 e. The summed E-state index contributed by atoms with van der Waals surface area (Å²) < 4.78 is 2.37. The van der Waals surface area contributed by atoms with Crippen molar-refractivity contribution in [1.82, 2.24) is 0 Å². The molecule has 0 fully saturated rings. The van der Waals surface area contributed by atoms with Gasteiger partial charge in [0.05, 0.1) is 13.3 Å². The molecule has 2 rings (SSSR count). The van der Waals surface area contributed by atoms with E-state index in [0.717, 1.165) is 6.42 Å². The van der Waals surface area contributed by atoms with E-state index in [1.54, 1.807) is 0 Å². The molecule has 0 amide bonds. The van der Waals surface area contributed by atoms with Gasteiger partial charge in [-0.1, -0.05) is 43.9 Å². The van der Waals surface area contributed by atoms with E-state index in [9.17, 15) is 0 Å². The molecule has 1 heterocycles. The lowest BCUT2D eigenvalue weighted by Gasteiger charge is -2.22. The van der Waals surface area contributed by atoms with Crippen molar-refractivity contribution in [2.45, 2.75) is 65.2 Å².